The van der Waals surface area contributed by atoms with Crippen LogP contribution in [-0.4, -0.2) is 70.9 Å². The van der Waals surface area contributed by atoms with E-state index in [1.165, 1.54) is 80.3 Å². The smallest absolute Gasteiger partial charge is 0.266 e. The Labute approximate surface area is 633 Å². The van der Waals surface area contributed by atoms with Crippen molar-refractivity contribution >= 4 is 151 Å². The molecule has 8 bridgehead atoms. The molecule has 8 aromatic carbocycles. The van der Waals surface area contributed by atoms with Gasteiger partial charge < -0.3 is 13.9 Å². The number of carbonyl (C=O) groups excluding carboxylic acids is 12. The van der Waals surface area contributed by atoms with Crippen molar-refractivity contribution in [3.63, 3.8) is 0 Å². The molecule has 16 unspecified atom stereocenters. The molecule has 0 spiro atoms. The predicted octanol–water partition coefficient (Wildman–Crippen LogP) is 9.60. The van der Waals surface area contributed by atoms with Gasteiger partial charge in [-0.3, -0.25) is 57.5 Å². The van der Waals surface area contributed by atoms with Crippen molar-refractivity contribution in [2.24, 2.45) is 94.7 Å². The second-order valence-electron chi connectivity index (χ2n) is 31.8. The highest BCUT2D eigenvalue weighted by molar-refractivity contribution is 7.85. The van der Waals surface area contributed by atoms with E-state index in [0.29, 0.717) is 0 Å². The highest BCUT2D eigenvalue weighted by Gasteiger charge is 2.64. The third-order valence-corrected chi connectivity index (χ3v) is 32.6. The molecule has 16 atom stereocenters. The van der Waals surface area contributed by atoms with E-state index in [9.17, 15) is 57.5 Å². The van der Waals surface area contributed by atoms with Gasteiger partial charge in [0.05, 0.1) is 104 Å². The maximum Gasteiger partial charge on any atom is 0.266 e. The van der Waals surface area contributed by atoms with Gasteiger partial charge in [0.15, 0.2) is 14.3 Å². The van der Waals surface area contributed by atoms with Crippen LogP contribution in [0.2, 0.25) is 0 Å². The van der Waals surface area contributed by atoms with Crippen LogP contribution in [0.4, 0.5) is 34.1 Å². The first-order valence-corrected chi connectivity index (χ1v) is 41.0. The molecule has 111 heavy (non-hydrogen) atoms. The van der Waals surface area contributed by atoms with Crippen molar-refractivity contribution < 1.29 is 71.4 Å². The number of ether oxygens (including phenoxy) is 1. The fourth-order valence-electron chi connectivity index (χ4n) is 21.7. The number of carbonyl (C=O) groups is 12. The van der Waals surface area contributed by atoms with E-state index in [1.807, 2.05) is 48.6 Å². The first-order chi connectivity index (χ1) is 53.7. The molecular formula is C88H62N6O15P2. The fourth-order valence-corrected chi connectivity index (χ4v) is 27.1. The van der Waals surface area contributed by atoms with Gasteiger partial charge in [0.1, 0.15) is 11.5 Å². The minimum absolute atomic E-state index is 0.00650. The maximum absolute atomic E-state index is 16.9. The third kappa shape index (κ3) is 8.89. The molecule has 8 aromatic rings. The zero-order valence-electron chi connectivity index (χ0n) is 58.7. The number of hydrogen-bond donors (Lipinski definition) is 0. The van der Waals surface area contributed by atoms with Crippen LogP contribution < -0.4 is 66.0 Å². The van der Waals surface area contributed by atoms with E-state index in [4.69, 9.17) is 4.74 Å². The lowest BCUT2D eigenvalue weighted by molar-refractivity contribution is -0.124. The summed E-state index contributed by atoms with van der Waals surface area (Å²) in [6.07, 6.45) is 18.9. The normalized spacial score (nSPS) is 30.6. The lowest BCUT2D eigenvalue weighted by atomic mass is 9.85. The molecule has 8 fully saturated rings. The zero-order valence-corrected chi connectivity index (χ0v) is 60.5. The standard InChI is InChI=1S/C88H62N6O15P2/c95-77-65-29-27-57(41-67(65)79(97)89(77)51-7-1-13-59(35-51)110(107,61-15-3-9-53(37-61)91-81(99)69-43-19-20-44(31-43)70(69)82(91)100)62-16-4-10-54(38-62)92-83(101)71-45-21-22-46(32-45)72(71)84(92)102)109-58-28-30-66-68(42-58)80(98)90(78(66)96)52-8-2-14-60(36-52)111(108,63-17-5-11-55(39-63)93-85(103)73-47-23-24-48(33-47)74(73)86(93)104)64-18-6-12-56(40-64)94-87(105)75-49-25-26-50(34-49)76(75)88(94)106/h1-30,35-50,69-76H,31-34H2. The molecule has 22 rings (SSSR count). The summed E-state index contributed by atoms with van der Waals surface area (Å²) in [7, 11) is -8.54. The molecule has 544 valence electrons. The Bertz CT molecular complexity index is 5360. The Morgan fingerprint density at radius 1 is 0.234 bits per heavy atom. The minimum atomic E-state index is -4.27. The molecule has 21 nitrogen and oxygen atoms in total. The molecule has 6 aliphatic heterocycles. The van der Waals surface area contributed by atoms with E-state index in [-0.39, 0.29) is 194 Å². The summed E-state index contributed by atoms with van der Waals surface area (Å²) in [6, 6.07) is 46.4. The molecule has 4 saturated heterocycles. The lowest BCUT2D eigenvalue weighted by Gasteiger charge is -2.25. The molecule has 23 heteroatoms. The summed E-state index contributed by atoms with van der Waals surface area (Å²) in [6.45, 7) is 0. The highest BCUT2D eigenvalue weighted by Crippen LogP contribution is 2.59. The van der Waals surface area contributed by atoms with Gasteiger partial charge >= 0.3 is 0 Å². The molecular weight excluding hydrogens is 1440 g/mol. The molecule has 8 aliphatic carbocycles. The Hall–Kier alpha value is -12.2. The Balaban J connectivity index is 0.560. The van der Waals surface area contributed by atoms with Gasteiger partial charge in [0.25, 0.3) is 23.6 Å². The van der Waals surface area contributed by atoms with Crippen molar-refractivity contribution in [1.82, 2.24) is 0 Å². The van der Waals surface area contributed by atoms with E-state index >= 15 is 9.13 Å². The number of anilines is 6. The number of imide groups is 6. The van der Waals surface area contributed by atoms with E-state index in [2.05, 4.69) is 0 Å². The van der Waals surface area contributed by atoms with Crippen molar-refractivity contribution in [1.29, 1.82) is 0 Å². The minimum Gasteiger partial charge on any atom is -0.457 e. The summed E-state index contributed by atoms with van der Waals surface area (Å²) >= 11 is 0. The topological polar surface area (TPSA) is 268 Å². The monoisotopic (exact) mass is 1500 g/mol. The lowest BCUT2D eigenvalue weighted by Crippen LogP contribution is -2.35. The third-order valence-electron chi connectivity index (χ3n) is 26.5. The molecule has 14 aliphatic rings. The number of rotatable bonds is 14. The van der Waals surface area contributed by atoms with Gasteiger partial charge in [0.2, 0.25) is 47.3 Å². The number of benzene rings is 8. The van der Waals surface area contributed by atoms with Crippen LogP contribution in [0.15, 0.2) is 231 Å². The summed E-state index contributed by atoms with van der Waals surface area (Å²) < 4.78 is 40.2. The van der Waals surface area contributed by atoms with Gasteiger partial charge in [-0.25, -0.2) is 29.4 Å². The Morgan fingerprint density at radius 3 is 0.649 bits per heavy atom. The number of hydrogen-bond acceptors (Lipinski definition) is 15. The Kier molecular flexibility index (Phi) is 13.8. The molecule has 4 saturated carbocycles. The first kappa shape index (κ1) is 65.9. The van der Waals surface area contributed by atoms with Gasteiger partial charge in [-0.2, -0.15) is 0 Å². The highest BCUT2D eigenvalue weighted by atomic mass is 31.2. The van der Waals surface area contributed by atoms with E-state index < -0.39 is 85.3 Å². The first-order valence-electron chi connectivity index (χ1n) is 37.6. The fraction of sp³-hybridized carbons (Fsp3) is 0.227. The molecule has 12 amide bonds. The van der Waals surface area contributed by atoms with Crippen molar-refractivity contribution in [3.8, 4) is 11.5 Å². The van der Waals surface area contributed by atoms with Crippen LogP contribution in [0.25, 0.3) is 0 Å². The van der Waals surface area contributed by atoms with Gasteiger partial charge in [-0.05, 0) is 182 Å². The molecule has 0 aromatic heterocycles. The largest absolute Gasteiger partial charge is 0.457 e. The van der Waals surface area contributed by atoms with Crippen molar-refractivity contribution in [2.75, 3.05) is 29.4 Å². The molecule has 0 N–H and O–H groups in total. The average Bonchev–Trinajstić information content (AvgIpc) is 1.58. The molecule has 0 radical (unpaired) electrons. The number of amides is 12. The van der Waals surface area contributed by atoms with Crippen molar-refractivity contribution in [3.05, 3.63) is 253 Å². The summed E-state index contributed by atoms with van der Waals surface area (Å²) in [5.41, 5.74) is 0.828. The van der Waals surface area contributed by atoms with Crippen LogP contribution in [-0.2, 0) is 47.5 Å². The van der Waals surface area contributed by atoms with Crippen LogP contribution >= 0.6 is 14.3 Å². The van der Waals surface area contributed by atoms with Gasteiger partial charge in [0, 0.05) is 31.8 Å². The SMILES string of the molecule is O=C1c2ccc(Oc3ccc4c(c3)C(=O)N(c3cccc(P(=O)(c5cccc(N6C(=O)C7C8C=CC(C8)C7C6=O)c5)c5cccc(N6C(=O)C7C8C=CC(C8)C7C6=O)c5)c3)C4=O)cc2C(=O)N1c1cccc(P(=O)(c2cccc(N3C(=O)C4C5C=CC(C5)C4C3=O)c2)c2cccc(N3C(=O)C4C5C=CC(C5)C4C3=O)c2)c1. The summed E-state index contributed by atoms with van der Waals surface area (Å²) in [5.74, 6) is -10.3. The van der Waals surface area contributed by atoms with Gasteiger partial charge in [-0.15, -0.1) is 0 Å². The zero-order chi connectivity index (χ0) is 75.4. The van der Waals surface area contributed by atoms with Crippen LogP contribution in [0.5, 0.6) is 11.5 Å². The second-order valence-corrected chi connectivity index (χ2v) is 37.3. The average molecular weight is 1510 g/mol. The van der Waals surface area contributed by atoms with Crippen LogP contribution in [0, 0.1) is 94.7 Å². The number of allylic oxidation sites excluding steroid dienone is 8. The van der Waals surface area contributed by atoms with E-state index in [0.717, 1.165) is 35.5 Å². The Morgan fingerprint density at radius 2 is 0.432 bits per heavy atom. The number of nitrogens with zero attached hydrogens (tertiary/aromatic N) is 6. The summed E-state index contributed by atoms with van der Waals surface area (Å²) in [4.78, 5) is 180. The van der Waals surface area contributed by atoms with Gasteiger partial charge in [-0.1, -0.05) is 121 Å². The summed E-state index contributed by atoms with van der Waals surface area (Å²) in [5, 5.41) is 1.00. The van der Waals surface area contributed by atoms with Crippen LogP contribution in [0.3, 0.4) is 0 Å². The number of fused-ring (bicyclic) bond motifs is 22. The maximum atomic E-state index is 16.9. The quantitative estimate of drug-likeness (QED) is 0.0557. The van der Waals surface area contributed by atoms with E-state index in [1.54, 1.807) is 121 Å². The van der Waals surface area contributed by atoms with Crippen LogP contribution in [0.1, 0.15) is 67.1 Å². The second kappa shape index (κ2) is 23.2. The van der Waals surface area contributed by atoms with Crippen molar-refractivity contribution in [2.45, 2.75) is 25.7 Å². The predicted molar refractivity (Wildman–Crippen MR) is 408 cm³/mol. The molecule has 6 heterocycles.